The highest BCUT2D eigenvalue weighted by Gasteiger charge is 2.25. The summed E-state index contributed by atoms with van der Waals surface area (Å²) >= 11 is 0. The summed E-state index contributed by atoms with van der Waals surface area (Å²) in [7, 11) is 1.52. The molecule has 2 N–H and O–H groups in total. The third-order valence-electron chi connectivity index (χ3n) is 5.68. The molecule has 0 saturated carbocycles. The first-order chi connectivity index (χ1) is 15.0. The van der Waals surface area contributed by atoms with Crippen LogP contribution in [0.5, 0.6) is 5.75 Å². The summed E-state index contributed by atoms with van der Waals surface area (Å²) in [5.74, 6) is -0.0876. The van der Waals surface area contributed by atoms with Crippen LogP contribution >= 0.6 is 0 Å². The zero-order valence-electron chi connectivity index (χ0n) is 18.7. The molecule has 3 rings (SSSR count). The lowest BCUT2D eigenvalue weighted by molar-refractivity contribution is -0.124. The summed E-state index contributed by atoms with van der Waals surface area (Å²) < 4.78 is 5.26. The van der Waals surface area contributed by atoms with Gasteiger partial charge in [0.15, 0.2) is 0 Å². The molecule has 0 radical (unpaired) electrons. The molecule has 166 valence electrons. The quantitative estimate of drug-likeness (QED) is 0.649. The summed E-state index contributed by atoms with van der Waals surface area (Å²) in [5.41, 5.74) is 2.75. The maximum absolute atomic E-state index is 12.8. The van der Waals surface area contributed by atoms with Gasteiger partial charge in [0.05, 0.1) is 12.7 Å². The number of amides is 2. The van der Waals surface area contributed by atoms with Gasteiger partial charge in [0, 0.05) is 13.1 Å². The van der Waals surface area contributed by atoms with Gasteiger partial charge in [-0.25, -0.2) is 0 Å². The van der Waals surface area contributed by atoms with Crippen LogP contribution in [0.3, 0.4) is 0 Å². The van der Waals surface area contributed by atoms with Gasteiger partial charge in [-0.05, 0) is 55.1 Å². The largest absolute Gasteiger partial charge is 0.496 e. The molecule has 1 aliphatic rings. The standard InChI is InChI=1S/C25H33N3O3/c1-18(2)23(27-24(29)21-8-4-5-9-22(21)31-3)25(30)26-16-19-10-12-20(13-11-19)17-28-14-6-7-15-28/h4-5,8-13,18,23H,6-7,14-17H2,1-3H3,(H,26,30)(H,27,29)/t23-/m0/s1. The molecule has 0 aromatic heterocycles. The van der Waals surface area contributed by atoms with E-state index in [2.05, 4.69) is 39.8 Å². The Morgan fingerprint density at radius 2 is 1.65 bits per heavy atom. The van der Waals surface area contributed by atoms with Crippen LogP contribution in [0.1, 0.15) is 48.2 Å². The number of likely N-dealkylation sites (tertiary alicyclic amines) is 1. The Kier molecular flexibility index (Phi) is 8.06. The topological polar surface area (TPSA) is 70.7 Å². The number of carbonyl (C=O) groups excluding carboxylic acids is 2. The van der Waals surface area contributed by atoms with Gasteiger partial charge in [0.1, 0.15) is 11.8 Å². The van der Waals surface area contributed by atoms with Gasteiger partial charge >= 0.3 is 0 Å². The van der Waals surface area contributed by atoms with Crippen molar-refractivity contribution >= 4 is 11.8 Å². The monoisotopic (exact) mass is 423 g/mol. The minimum atomic E-state index is -0.633. The number of nitrogens with one attached hydrogen (secondary N) is 2. The molecule has 1 heterocycles. The molecule has 0 unspecified atom stereocenters. The zero-order chi connectivity index (χ0) is 22.2. The highest BCUT2D eigenvalue weighted by atomic mass is 16.5. The summed E-state index contributed by atoms with van der Waals surface area (Å²) in [5, 5.41) is 5.82. The van der Waals surface area contributed by atoms with E-state index in [1.165, 1.54) is 38.6 Å². The van der Waals surface area contributed by atoms with Crippen molar-refractivity contribution in [3.05, 3.63) is 65.2 Å². The molecule has 1 fully saturated rings. The van der Waals surface area contributed by atoms with Gasteiger partial charge in [-0.3, -0.25) is 14.5 Å². The van der Waals surface area contributed by atoms with E-state index in [1.54, 1.807) is 24.3 Å². The average molecular weight is 424 g/mol. The molecule has 1 atom stereocenters. The fraction of sp³-hybridized carbons (Fsp3) is 0.440. The Morgan fingerprint density at radius 3 is 2.29 bits per heavy atom. The zero-order valence-corrected chi connectivity index (χ0v) is 18.7. The van der Waals surface area contributed by atoms with Crippen molar-refractivity contribution in [2.75, 3.05) is 20.2 Å². The van der Waals surface area contributed by atoms with Crippen molar-refractivity contribution in [2.45, 2.75) is 45.8 Å². The first-order valence-corrected chi connectivity index (χ1v) is 11.0. The summed E-state index contributed by atoms with van der Waals surface area (Å²) in [6, 6.07) is 14.7. The molecular weight excluding hydrogens is 390 g/mol. The number of hydrogen-bond acceptors (Lipinski definition) is 4. The number of carbonyl (C=O) groups is 2. The molecule has 6 nitrogen and oxygen atoms in total. The van der Waals surface area contributed by atoms with Crippen molar-refractivity contribution in [1.29, 1.82) is 0 Å². The third-order valence-corrected chi connectivity index (χ3v) is 5.68. The lowest BCUT2D eigenvalue weighted by Gasteiger charge is -2.22. The van der Waals surface area contributed by atoms with E-state index in [9.17, 15) is 9.59 Å². The van der Waals surface area contributed by atoms with Crippen LogP contribution in [0.25, 0.3) is 0 Å². The van der Waals surface area contributed by atoms with E-state index in [1.807, 2.05) is 13.8 Å². The second-order valence-electron chi connectivity index (χ2n) is 8.41. The molecule has 6 heteroatoms. The highest BCUT2D eigenvalue weighted by molar-refractivity contribution is 5.99. The minimum Gasteiger partial charge on any atom is -0.496 e. The second-order valence-corrected chi connectivity index (χ2v) is 8.41. The first-order valence-electron chi connectivity index (χ1n) is 11.0. The van der Waals surface area contributed by atoms with E-state index >= 15 is 0 Å². The number of rotatable bonds is 9. The normalized spacial score (nSPS) is 15.0. The predicted octanol–water partition coefficient (Wildman–Crippen LogP) is 3.36. The summed E-state index contributed by atoms with van der Waals surface area (Å²) in [6.07, 6.45) is 2.57. The van der Waals surface area contributed by atoms with Gasteiger partial charge in [-0.2, -0.15) is 0 Å². The number of para-hydroxylation sites is 1. The van der Waals surface area contributed by atoms with E-state index in [-0.39, 0.29) is 17.7 Å². The van der Waals surface area contributed by atoms with Crippen molar-refractivity contribution < 1.29 is 14.3 Å². The number of benzene rings is 2. The van der Waals surface area contributed by atoms with Crippen LogP contribution in [-0.4, -0.2) is 43.0 Å². The maximum atomic E-state index is 12.8. The third kappa shape index (κ3) is 6.31. The average Bonchev–Trinajstić information content (AvgIpc) is 3.29. The molecule has 2 amide bonds. The van der Waals surface area contributed by atoms with Gasteiger partial charge < -0.3 is 15.4 Å². The predicted molar refractivity (Wildman–Crippen MR) is 122 cm³/mol. The second kappa shape index (κ2) is 11.0. The molecule has 1 saturated heterocycles. The Bertz CT molecular complexity index is 874. The van der Waals surface area contributed by atoms with Gasteiger partial charge in [-0.15, -0.1) is 0 Å². The van der Waals surface area contributed by atoms with Crippen LogP contribution in [0.4, 0.5) is 0 Å². The molecule has 1 aliphatic heterocycles. The van der Waals surface area contributed by atoms with Crippen LogP contribution in [0.15, 0.2) is 48.5 Å². The Hall–Kier alpha value is -2.86. The lowest BCUT2D eigenvalue weighted by atomic mass is 10.0. The van der Waals surface area contributed by atoms with Crippen LogP contribution in [0, 0.1) is 5.92 Å². The van der Waals surface area contributed by atoms with Crippen LogP contribution in [-0.2, 0) is 17.9 Å². The van der Waals surface area contributed by atoms with Crippen molar-refractivity contribution in [3.63, 3.8) is 0 Å². The lowest BCUT2D eigenvalue weighted by Crippen LogP contribution is -2.49. The SMILES string of the molecule is COc1ccccc1C(=O)N[C@H](C(=O)NCc1ccc(CN2CCCC2)cc1)C(C)C. The number of hydrogen-bond donors (Lipinski definition) is 2. The van der Waals surface area contributed by atoms with Crippen LogP contribution < -0.4 is 15.4 Å². The minimum absolute atomic E-state index is 0.0542. The highest BCUT2D eigenvalue weighted by Crippen LogP contribution is 2.18. The molecule has 0 bridgehead atoms. The molecule has 2 aromatic rings. The van der Waals surface area contributed by atoms with E-state index in [0.717, 1.165) is 12.1 Å². The Morgan fingerprint density at radius 1 is 1.00 bits per heavy atom. The Labute approximate surface area is 185 Å². The van der Waals surface area contributed by atoms with E-state index in [0.29, 0.717) is 17.9 Å². The summed E-state index contributed by atoms with van der Waals surface area (Å²) in [6.45, 7) is 7.59. The van der Waals surface area contributed by atoms with Crippen molar-refractivity contribution in [3.8, 4) is 5.75 Å². The number of methoxy groups -OCH3 is 1. The first kappa shape index (κ1) is 22.8. The fourth-order valence-electron chi connectivity index (χ4n) is 3.85. The van der Waals surface area contributed by atoms with E-state index < -0.39 is 6.04 Å². The molecule has 0 aliphatic carbocycles. The Balaban J connectivity index is 1.56. The number of ether oxygens (including phenoxy) is 1. The van der Waals surface area contributed by atoms with Gasteiger partial charge in [-0.1, -0.05) is 50.2 Å². The number of nitrogens with zero attached hydrogens (tertiary/aromatic N) is 1. The smallest absolute Gasteiger partial charge is 0.255 e. The van der Waals surface area contributed by atoms with Gasteiger partial charge in [0.2, 0.25) is 5.91 Å². The van der Waals surface area contributed by atoms with E-state index in [4.69, 9.17) is 4.74 Å². The molecule has 2 aromatic carbocycles. The van der Waals surface area contributed by atoms with Gasteiger partial charge in [0.25, 0.3) is 5.91 Å². The maximum Gasteiger partial charge on any atom is 0.255 e. The molecule has 31 heavy (non-hydrogen) atoms. The van der Waals surface area contributed by atoms with Crippen molar-refractivity contribution in [1.82, 2.24) is 15.5 Å². The fourth-order valence-corrected chi connectivity index (χ4v) is 3.85. The molecule has 0 spiro atoms. The van der Waals surface area contributed by atoms with Crippen molar-refractivity contribution in [2.24, 2.45) is 5.92 Å². The van der Waals surface area contributed by atoms with Crippen LogP contribution in [0.2, 0.25) is 0 Å². The summed E-state index contributed by atoms with van der Waals surface area (Å²) in [4.78, 5) is 28.0. The molecular formula is C25H33N3O3.